The molecule has 0 aliphatic carbocycles. The first-order chi connectivity index (χ1) is 9.47. The second-order valence-corrected chi connectivity index (χ2v) is 4.08. The van der Waals surface area contributed by atoms with Gasteiger partial charge in [0.15, 0.2) is 0 Å². The van der Waals surface area contributed by atoms with Crippen LogP contribution < -0.4 is 5.32 Å². The number of anilines is 1. The quantitative estimate of drug-likeness (QED) is 0.507. The van der Waals surface area contributed by atoms with Crippen molar-refractivity contribution in [1.29, 1.82) is 0 Å². The lowest BCUT2D eigenvalue weighted by Crippen LogP contribution is -2.14. The number of hydrogen-bond donors (Lipinski definition) is 2. The number of nitro benzene ring substituents is 1. The number of phenols is 1. The number of phenolic OH excluding ortho intramolecular Hbond substituents is 1. The molecular weight excluding hydrogens is 262 g/mol. The first-order valence-corrected chi connectivity index (χ1v) is 5.70. The second kappa shape index (κ2) is 5.35. The highest BCUT2D eigenvalue weighted by Gasteiger charge is 2.13. The van der Waals surface area contributed by atoms with E-state index in [1.165, 1.54) is 18.2 Å². The number of pyridine rings is 1. The Labute approximate surface area is 114 Å². The summed E-state index contributed by atoms with van der Waals surface area (Å²) in [6.45, 7) is 1.75. The van der Waals surface area contributed by atoms with Crippen LogP contribution in [0, 0.1) is 17.0 Å². The van der Waals surface area contributed by atoms with Crippen molar-refractivity contribution in [3.63, 3.8) is 0 Å². The van der Waals surface area contributed by atoms with Gasteiger partial charge in [0.25, 0.3) is 11.6 Å². The molecule has 0 aliphatic heterocycles. The molecular formula is C13H11N3O4. The normalized spacial score (nSPS) is 10.1. The fourth-order valence-corrected chi connectivity index (χ4v) is 1.60. The number of carbonyl (C=O) groups is 1. The van der Waals surface area contributed by atoms with Gasteiger partial charge >= 0.3 is 0 Å². The van der Waals surface area contributed by atoms with Gasteiger partial charge in [0.05, 0.1) is 16.7 Å². The number of benzene rings is 1. The maximum atomic E-state index is 11.9. The van der Waals surface area contributed by atoms with Crippen LogP contribution in [0.4, 0.5) is 11.4 Å². The molecule has 102 valence electrons. The van der Waals surface area contributed by atoms with Crippen molar-refractivity contribution in [2.24, 2.45) is 0 Å². The minimum absolute atomic E-state index is 0.0870. The van der Waals surface area contributed by atoms with E-state index in [4.69, 9.17) is 0 Å². The number of amides is 1. The molecule has 0 saturated heterocycles. The van der Waals surface area contributed by atoms with Crippen LogP contribution in [0.5, 0.6) is 5.75 Å². The third-order valence-corrected chi connectivity index (χ3v) is 2.56. The van der Waals surface area contributed by atoms with Crippen LogP contribution in [0.2, 0.25) is 0 Å². The number of hydrogen-bond acceptors (Lipinski definition) is 5. The van der Waals surface area contributed by atoms with Crippen LogP contribution in [0.15, 0.2) is 36.4 Å². The highest BCUT2D eigenvalue weighted by Crippen LogP contribution is 2.28. The predicted molar refractivity (Wildman–Crippen MR) is 71.7 cm³/mol. The zero-order chi connectivity index (χ0) is 14.7. The molecule has 0 saturated carbocycles. The number of aryl methyl sites for hydroxylation is 1. The molecule has 7 heteroatoms. The minimum Gasteiger partial charge on any atom is -0.506 e. The van der Waals surface area contributed by atoms with E-state index < -0.39 is 10.8 Å². The lowest BCUT2D eigenvalue weighted by Gasteiger charge is -2.07. The predicted octanol–water partition coefficient (Wildman–Crippen LogP) is 2.26. The zero-order valence-electron chi connectivity index (χ0n) is 10.5. The molecule has 1 aromatic heterocycles. The highest BCUT2D eigenvalue weighted by molar-refractivity contribution is 6.03. The standard InChI is InChI=1S/C13H11N3O4/c1-8-3-2-4-11(14-8)13(18)15-10-6-5-9(16(19)20)7-12(10)17/h2-7,17H,1H3,(H,15,18). The van der Waals surface area contributed by atoms with Gasteiger partial charge < -0.3 is 10.4 Å². The zero-order valence-corrected chi connectivity index (χ0v) is 10.5. The van der Waals surface area contributed by atoms with Crippen molar-refractivity contribution < 1.29 is 14.8 Å². The number of nitro groups is 1. The van der Waals surface area contributed by atoms with Crippen molar-refractivity contribution in [2.45, 2.75) is 6.92 Å². The number of non-ortho nitro benzene ring substituents is 1. The molecule has 0 unspecified atom stereocenters. The van der Waals surface area contributed by atoms with Crippen molar-refractivity contribution in [3.05, 3.63) is 57.9 Å². The summed E-state index contributed by atoms with van der Waals surface area (Å²) in [5.41, 5.74) is 0.714. The van der Waals surface area contributed by atoms with Crippen LogP contribution in [0.3, 0.4) is 0 Å². The van der Waals surface area contributed by atoms with Crippen molar-refractivity contribution in [1.82, 2.24) is 4.98 Å². The molecule has 0 atom stereocenters. The molecule has 2 N–H and O–H groups in total. The lowest BCUT2D eigenvalue weighted by molar-refractivity contribution is -0.384. The highest BCUT2D eigenvalue weighted by atomic mass is 16.6. The molecule has 1 aromatic carbocycles. The summed E-state index contributed by atoms with van der Waals surface area (Å²) in [6.07, 6.45) is 0. The average molecular weight is 273 g/mol. The molecule has 0 spiro atoms. The topological polar surface area (TPSA) is 105 Å². The fraction of sp³-hybridized carbons (Fsp3) is 0.0769. The van der Waals surface area contributed by atoms with Gasteiger partial charge in [-0.15, -0.1) is 0 Å². The number of nitrogens with one attached hydrogen (secondary N) is 1. The molecule has 20 heavy (non-hydrogen) atoms. The molecule has 1 heterocycles. The first-order valence-electron chi connectivity index (χ1n) is 5.70. The molecule has 0 fully saturated rings. The summed E-state index contributed by atoms with van der Waals surface area (Å²) in [7, 11) is 0. The van der Waals surface area contributed by atoms with Gasteiger partial charge in [0.1, 0.15) is 11.4 Å². The molecule has 0 aliphatic rings. The Hall–Kier alpha value is -2.96. The lowest BCUT2D eigenvalue weighted by atomic mass is 10.2. The Morgan fingerprint density at radius 1 is 1.35 bits per heavy atom. The monoisotopic (exact) mass is 273 g/mol. The van der Waals surface area contributed by atoms with Crippen molar-refractivity contribution in [2.75, 3.05) is 5.32 Å². The summed E-state index contributed by atoms with van der Waals surface area (Å²) in [5, 5.41) is 22.6. The Bertz CT molecular complexity index is 685. The molecule has 0 bridgehead atoms. The number of aromatic nitrogens is 1. The van der Waals surface area contributed by atoms with E-state index in [1.807, 2.05) is 0 Å². The van der Waals surface area contributed by atoms with Gasteiger partial charge in [-0.25, -0.2) is 4.98 Å². The average Bonchev–Trinajstić information content (AvgIpc) is 2.40. The van der Waals surface area contributed by atoms with E-state index >= 15 is 0 Å². The molecule has 2 rings (SSSR count). The Morgan fingerprint density at radius 3 is 2.70 bits per heavy atom. The van der Waals surface area contributed by atoms with Crippen molar-refractivity contribution in [3.8, 4) is 5.75 Å². The summed E-state index contributed by atoms with van der Waals surface area (Å²) in [6, 6.07) is 8.40. The summed E-state index contributed by atoms with van der Waals surface area (Å²) >= 11 is 0. The first kappa shape index (κ1) is 13.5. The van der Waals surface area contributed by atoms with Gasteiger partial charge in [0.2, 0.25) is 0 Å². The number of nitrogens with zero attached hydrogens (tertiary/aromatic N) is 2. The van der Waals surface area contributed by atoms with E-state index in [1.54, 1.807) is 19.1 Å². The summed E-state index contributed by atoms with van der Waals surface area (Å²) in [5.74, 6) is -0.877. The Balaban J connectivity index is 2.22. The van der Waals surface area contributed by atoms with Gasteiger partial charge in [-0.2, -0.15) is 0 Å². The summed E-state index contributed by atoms with van der Waals surface area (Å²) < 4.78 is 0. The van der Waals surface area contributed by atoms with Gasteiger partial charge in [-0.1, -0.05) is 6.07 Å². The molecule has 2 aromatic rings. The van der Waals surface area contributed by atoms with Crippen LogP contribution in [-0.2, 0) is 0 Å². The minimum atomic E-state index is -0.632. The third kappa shape index (κ3) is 2.89. The van der Waals surface area contributed by atoms with Gasteiger partial charge in [-0.3, -0.25) is 14.9 Å². The number of rotatable bonds is 3. The van der Waals surface area contributed by atoms with Crippen LogP contribution in [0.1, 0.15) is 16.2 Å². The van der Waals surface area contributed by atoms with E-state index in [-0.39, 0.29) is 22.8 Å². The third-order valence-electron chi connectivity index (χ3n) is 2.56. The van der Waals surface area contributed by atoms with Gasteiger partial charge in [-0.05, 0) is 25.1 Å². The SMILES string of the molecule is Cc1cccc(C(=O)Nc2ccc([N+](=O)[O-])cc2O)n1. The molecule has 7 nitrogen and oxygen atoms in total. The Morgan fingerprint density at radius 2 is 2.10 bits per heavy atom. The van der Waals surface area contributed by atoms with Crippen LogP contribution >= 0.6 is 0 Å². The number of aromatic hydroxyl groups is 1. The van der Waals surface area contributed by atoms with Crippen LogP contribution in [0.25, 0.3) is 0 Å². The van der Waals surface area contributed by atoms with Crippen molar-refractivity contribution >= 4 is 17.3 Å². The number of carbonyl (C=O) groups excluding carboxylic acids is 1. The molecule has 1 amide bonds. The largest absolute Gasteiger partial charge is 0.506 e. The fourth-order valence-electron chi connectivity index (χ4n) is 1.60. The van der Waals surface area contributed by atoms with E-state index in [0.29, 0.717) is 5.69 Å². The van der Waals surface area contributed by atoms with E-state index in [9.17, 15) is 20.0 Å². The second-order valence-electron chi connectivity index (χ2n) is 4.08. The summed E-state index contributed by atoms with van der Waals surface area (Å²) in [4.78, 5) is 25.9. The van der Waals surface area contributed by atoms with Gasteiger partial charge in [0, 0.05) is 11.8 Å². The smallest absolute Gasteiger partial charge is 0.274 e. The van der Waals surface area contributed by atoms with E-state index in [0.717, 1.165) is 6.07 Å². The maximum Gasteiger partial charge on any atom is 0.274 e. The molecule has 0 radical (unpaired) electrons. The Kier molecular flexibility index (Phi) is 3.60. The van der Waals surface area contributed by atoms with Crippen LogP contribution in [-0.4, -0.2) is 20.9 Å². The maximum absolute atomic E-state index is 11.9. The van der Waals surface area contributed by atoms with E-state index in [2.05, 4.69) is 10.3 Å².